The molecule has 0 unspecified atom stereocenters. The second-order valence-electron chi connectivity index (χ2n) is 2.58. The maximum absolute atomic E-state index is 8.67. The van der Waals surface area contributed by atoms with Crippen molar-refractivity contribution >= 4 is 28.9 Å². The van der Waals surface area contributed by atoms with Gasteiger partial charge in [-0.25, -0.2) is 0 Å². The lowest BCUT2D eigenvalue weighted by Gasteiger charge is -1.92. The Hall–Kier alpha value is -1.56. The number of hydrogen-bond acceptors (Lipinski definition) is 2. The second kappa shape index (κ2) is 8.72. The molecular formula is C11H12O4S. The molecule has 0 fully saturated rings. The van der Waals surface area contributed by atoms with Crippen LogP contribution in [-0.2, 0) is 16.2 Å². The van der Waals surface area contributed by atoms with Gasteiger partial charge in [0, 0.05) is 0 Å². The Balaban J connectivity index is 0.000000323. The van der Waals surface area contributed by atoms with Crippen molar-refractivity contribution in [3.63, 3.8) is 0 Å². The Bertz CT molecular complexity index is 375. The van der Waals surface area contributed by atoms with Crippen molar-refractivity contribution in [1.29, 1.82) is 0 Å². The number of benzene rings is 2. The van der Waals surface area contributed by atoms with E-state index in [4.69, 9.17) is 18.1 Å². The molecule has 2 N–H and O–H groups in total. The molecule has 4 nitrogen and oxygen atoms in total. The van der Waals surface area contributed by atoms with Crippen molar-refractivity contribution in [3.05, 3.63) is 48.5 Å². The third kappa shape index (κ3) is 6.02. The first-order chi connectivity index (χ1) is 7.70. The van der Waals surface area contributed by atoms with Gasteiger partial charge in [-0.15, -0.1) is 0 Å². The Morgan fingerprint density at radius 1 is 0.812 bits per heavy atom. The van der Waals surface area contributed by atoms with Crippen LogP contribution < -0.4 is 0 Å². The van der Waals surface area contributed by atoms with E-state index in [0.29, 0.717) is 0 Å². The quantitative estimate of drug-likeness (QED) is 0.693. The van der Waals surface area contributed by atoms with Gasteiger partial charge in [0.15, 0.2) is 0 Å². The lowest BCUT2D eigenvalue weighted by Crippen LogP contribution is -1.74. The van der Waals surface area contributed by atoms with Gasteiger partial charge < -0.3 is 4.79 Å². The average Bonchev–Trinajstić information content (AvgIpc) is 2.31. The van der Waals surface area contributed by atoms with E-state index in [1.54, 1.807) is 0 Å². The number of hydrogen-bond donors (Lipinski definition) is 2. The van der Waals surface area contributed by atoms with Gasteiger partial charge in [-0.05, 0) is 10.8 Å². The zero-order valence-electron chi connectivity index (χ0n) is 8.45. The Morgan fingerprint density at radius 2 is 1.00 bits per heavy atom. The van der Waals surface area contributed by atoms with E-state index in [0.717, 1.165) is 0 Å². The van der Waals surface area contributed by atoms with Crippen LogP contribution in [0.1, 0.15) is 0 Å². The van der Waals surface area contributed by atoms with Crippen LogP contribution in [0.5, 0.6) is 0 Å². The van der Waals surface area contributed by atoms with Gasteiger partial charge in [0.25, 0.3) is 11.4 Å². The number of carbonyl (C=O) groups excluding carboxylic acids is 1. The van der Waals surface area contributed by atoms with Crippen molar-refractivity contribution in [2.45, 2.75) is 0 Å². The molecule has 0 saturated carbocycles. The van der Waals surface area contributed by atoms with Crippen molar-refractivity contribution < 1.29 is 18.1 Å². The molecule has 0 bridgehead atoms. The summed E-state index contributed by atoms with van der Waals surface area (Å²) >= 11 is -2.61. The molecule has 2 aromatic carbocycles. The molecule has 0 amide bonds. The molecule has 0 atom stereocenters. The fraction of sp³-hybridized carbons (Fsp3) is 0. The molecule has 0 heterocycles. The summed E-state index contributed by atoms with van der Waals surface area (Å²) in [6, 6.07) is 16.7. The lowest BCUT2D eigenvalue weighted by atomic mass is 10.1. The van der Waals surface area contributed by atoms with Gasteiger partial charge in [-0.1, -0.05) is 48.5 Å². The molecular weight excluding hydrogens is 228 g/mol. The third-order valence-corrected chi connectivity index (χ3v) is 1.66. The first-order valence-electron chi connectivity index (χ1n) is 4.23. The number of rotatable bonds is 0. The Morgan fingerprint density at radius 3 is 1.19 bits per heavy atom. The molecule has 86 valence electrons. The van der Waals surface area contributed by atoms with Crippen LogP contribution in [-0.4, -0.2) is 20.1 Å². The van der Waals surface area contributed by atoms with Crippen LogP contribution in [0, 0.1) is 0 Å². The summed E-state index contributed by atoms with van der Waals surface area (Å²) in [4.78, 5) is 8.00. The predicted molar refractivity (Wildman–Crippen MR) is 64.5 cm³/mol. The largest absolute Gasteiger partial charge is 0.307 e. The van der Waals surface area contributed by atoms with Crippen LogP contribution in [0.4, 0.5) is 0 Å². The fourth-order valence-electron chi connectivity index (χ4n) is 1.13. The second-order valence-corrected chi connectivity index (χ2v) is 3.04. The van der Waals surface area contributed by atoms with Gasteiger partial charge in [0.1, 0.15) is 6.79 Å². The Labute approximate surface area is 96.0 Å². The molecule has 2 aromatic rings. The van der Waals surface area contributed by atoms with Gasteiger partial charge in [-0.2, -0.15) is 4.21 Å². The maximum Gasteiger partial charge on any atom is 0.299 e. The zero-order chi connectivity index (χ0) is 12.4. The maximum atomic E-state index is 8.67. The molecule has 5 heteroatoms. The zero-order valence-corrected chi connectivity index (χ0v) is 9.26. The monoisotopic (exact) mass is 240 g/mol. The molecule has 0 aromatic heterocycles. The number of fused-ring (bicyclic) bond motifs is 1. The highest BCUT2D eigenvalue weighted by Crippen LogP contribution is 2.11. The van der Waals surface area contributed by atoms with Crippen molar-refractivity contribution in [1.82, 2.24) is 0 Å². The van der Waals surface area contributed by atoms with E-state index in [2.05, 4.69) is 48.5 Å². The summed E-state index contributed by atoms with van der Waals surface area (Å²) in [6.07, 6.45) is 0. The predicted octanol–water partition coefficient (Wildman–Crippen LogP) is 2.34. The van der Waals surface area contributed by atoms with Gasteiger partial charge in [0.2, 0.25) is 0 Å². The van der Waals surface area contributed by atoms with Crippen LogP contribution in [0.3, 0.4) is 0 Å². The van der Waals surface area contributed by atoms with Crippen molar-refractivity contribution in [2.75, 3.05) is 0 Å². The normalized spacial score (nSPS) is 8.69. The first kappa shape index (κ1) is 14.4. The summed E-state index contributed by atoms with van der Waals surface area (Å²) < 4.78 is 22.8. The fourth-order valence-corrected chi connectivity index (χ4v) is 1.13. The highest BCUT2D eigenvalue weighted by Gasteiger charge is 1.85. The molecule has 0 aliphatic carbocycles. The van der Waals surface area contributed by atoms with Gasteiger partial charge in [0.05, 0.1) is 0 Å². The van der Waals surface area contributed by atoms with Crippen LogP contribution in [0.2, 0.25) is 0 Å². The van der Waals surface area contributed by atoms with Crippen LogP contribution >= 0.6 is 0 Å². The SMILES string of the molecule is C=O.O=S(O)O.c1ccc2ccccc2c1. The molecule has 0 spiro atoms. The lowest BCUT2D eigenvalue weighted by molar-refractivity contribution is -0.0979. The number of carbonyl (C=O) groups is 1. The van der Waals surface area contributed by atoms with E-state index in [-0.39, 0.29) is 0 Å². The minimum absolute atomic E-state index is 1.31. The molecule has 0 saturated heterocycles. The van der Waals surface area contributed by atoms with E-state index in [1.807, 2.05) is 6.79 Å². The van der Waals surface area contributed by atoms with Gasteiger partial charge >= 0.3 is 0 Å². The van der Waals surface area contributed by atoms with Crippen LogP contribution in [0.25, 0.3) is 10.8 Å². The van der Waals surface area contributed by atoms with E-state index in [9.17, 15) is 0 Å². The summed E-state index contributed by atoms with van der Waals surface area (Å²) in [5, 5.41) is 2.62. The first-order valence-corrected chi connectivity index (χ1v) is 5.29. The highest BCUT2D eigenvalue weighted by molar-refractivity contribution is 7.73. The minimum Gasteiger partial charge on any atom is -0.307 e. The molecule has 2 rings (SSSR count). The van der Waals surface area contributed by atoms with Gasteiger partial charge in [-0.3, -0.25) is 9.11 Å². The molecule has 16 heavy (non-hydrogen) atoms. The average molecular weight is 240 g/mol. The summed E-state index contributed by atoms with van der Waals surface area (Å²) in [5.74, 6) is 0. The van der Waals surface area contributed by atoms with E-state index < -0.39 is 11.4 Å². The van der Waals surface area contributed by atoms with Crippen molar-refractivity contribution in [3.8, 4) is 0 Å². The standard InChI is InChI=1S/C10H8.CH2O.H2O3S/c1-2-6-10-8-4-3-7-9(10)5-1;1-2;1-4(2)3/h1-8H;1H2;(H2,1,2,3). The molecule has 0 aliphatic heterocycles. The van der Waals surface area contributed by atoms with E-state index >= 15 is 0 Å². The summed E-state index contributed by atoms with van der Waals surface area (Å²) in [6.45, 7) is 2.00. The van der Waals surface area contributed by atoms with Crippen molar-refractivity contribution in [2.24, 2.45) is 0 Å². The van der Waals surface area contributed by atoms with Crippen LogP contribution in [0.15, 0.2) is 48.5 Å². The third-order valence-electron chi connectivity index (χ3n) is 1.66. The summed E-state index contributed by atoms with van der Waals surface area (Å²) in [5.41, 5.74) is 0. The minimum atomic E-state index is -2.61. The highest BCUT2D eigenvalue weighted by atomic mass is 32.2. The summed E-state index contributed by atoms with van der Waals surface area (Å²) in [7, 11) is 0. The molecule has 0 aliphatic rings. The topological polar surface area (TPSA) is 74.6 Å². The molecule has 0 radical (unpaired) electrons. The van der Waals surface area contributed by atoms with E-state index in [1.165, 1.54) is 10.8 Å². The smallest absolute Gasteiger partial charge is 0.299 e. The Kier molecular flexibility index (Phi) is 7.87.